The second kappa shape index (κ2) is 3.88. The molecule has 3 heterocycles. The number of rotatable bonds is 1. The van der Waals surface area contributed by atoms with Gasteiger partial charge in [-0.3, -0.25) is 0 Å². The molecule has 0 N–H and O–H groups in total. The first-order chi connectivity index (χ1) is 9.13. The molecule has 102 valence electrons. The van der Waals surface area contributed by atoms with Gasteiger partial charge < -0.3 is 9.47 Å². The van der Waals surface area contributed by atoms with E-state index in [1.165, 1.54) is 0 Å². The van der Waals surface area contributed by atoms with E-state index in [0.29, 0.717) is 17.6 Å². The van der Waals surface area contributed by atoms with E-state index >= 15 is 0 Å². The summed E-state index contributed by atoms with van der Waals surface area (Å²) in [6, 6.07) is 0. The summed E-state index contributed by atoms with van der Waals surface area (Å²) in [5, 5.41) is 0. The van der Waals surface area contributed by atoms with Crippen molar-refractivity contribution in [3.63, 3.8) is 0 Å². The third-order valence-electron chi connectivity index (χ3n) is 4.56. The molecule has 5 atom stereocenters. The van der Waals surface area contributed by atoms with Crippen LogP contribution in [0.2, 0.25) is 0 Å². The van der Waals surface area contributed by atoms with Crippen LogP contribution in [-0.4, -0.2) is 24.5 Å². The van der Waals surface area contributed by atoms with Crippen molar-refractivity contribution in [1.82, 2.24) is 0 Å². The Hall–Kier alpha value is -1.24. The molecule has 6 nitrogen and oxygen atoms in total. The molecule has 1 aliphatic carbocycles. The molecule has 0 spiro atoms. The molecule has 4 rings (SSSR count). The first-order valence-corrected chi connectivity index (χ1v) is 6.60. The molecule has 19 heavy (non-hydrogen) atoms. The summed E-state index contributed by atoms with van der Waals surface area (Å²) in [5.74, 6) is -0.398. The van der Waals surface area contributed by atoms with E-state index in [2.05, 4.69) is 0 Å². The van der Waals surface area contributed by atoms with Gasteiger partial charge in [-0.05, 0) is 24.7 Å². The standard InChI is InChI=1S/C13H14O6/c1-5-2-6(7-4-9-16-13(7)19-18-9)3-8-10(5)12(15)17-11(8)14/h5-7,9,13H,2-4H2,1H3. The highest BCUT2D eigenvalue weighted by atomic mass is 17.3. The smallest absolute Gasteiger partial charge is 0.342 e. The van der Waals surface area contributed by atoms with Gasteiger partial charge >= 0.3 is 11.9 Å². The number of ether oxygens (including phenoxy) is 2. The lowest BCUT2D eigenvalue weighted by Crippen LogP contribution is -2.32. The molecular weight excluding hydrogens is 252 g/mol. The zero-order valence-corrected chi connectivity index (χ0v) is 10.5. The van der Waals surface area contributed by atoms with Crippen LogP contribution in [-0.2, 0) is 28.8 Å². The van der Waals surface area contributed by atoms with Gasteiger partial charge in [-0.25, -0.2) is 19.4 Å². The molecule has 5 unspecified atom stereocenters. The first kappa shape index (κ1) is 11.6. The van der Waals surface area contributed by atoms with E-state index in [1.807, 2.05) is 6.92 Å². The SMILES string of the molecule is CC1CC(C2CC3OOC2O3)CC2=C1C(=O)OC2=O. The molecule has 0 aromatic heterocycles. The van der Waals surface area contributed by atoms with Crippen LogP contribution in [0.25, 0.3) is 0 Å². The van der Waals surface area contributed by atoms with Crippen molar-refractivity contribution >= 4 is 11.9 Å². The Labute approximate surface area is 109 Å². The van der Waals surface area contributed by atoms with Gasteiger partial charge in [0.1, 0.15) is 0 Å². The van der Waals surface area contributed by atoms with Crippen molar-refractivity contribution in [2.24, 2.45) is 17.8 Å². The lowest BCUT2D eigenvalue weighted by Gasteiger charge is -2.32. The third-order valence-corrected chi connectivity index (χ3v) is 4.56. The maximum Gasteiger partial charge on any atom is 0.342 e. The Kier molecular flexibility index (Phi) is 2.36. The zero-order valence-electron chi connectivity index (χ0n) is 10.5. The molecule has 2 bridgehead atoms. The highest BCUT2D eigenvalue weighted by Crippen LogP contribution is 2.48. The third kappa shape index (κ3) is 1.60. The highest BCUT2D eigenvalue weighted by Gasteiger charge is 2.51. The fourth-order valence-electron chi connectivity index (χ4n) is 3.70. The van der Waals surface area contributed by atoms with Gasteiger partial charge in [-0.1, -0.05) is 6.92 Å². The van der Waals surface area contributed by atoms with Crippen LogP contribution in [0.5, 0.6) is 0 Å². The topological polar surface area (TPSA) is 71.1 Å². The monoisotopic (exact) mass is 266 g/mol. The van der Waals surface area contributed by atoms with Crippen LogP contribution in [0, 0.1) is 17.8 Å². The van der Waals surface area contributed by atoms with E-state index in [9.17, 15) is 9.59 Å². The number of carbonyl (C=O) groups excluding carboxylic acids is 2. The van der Waals surface area contributed by atoms with Gasteiger partial charge in [-0.2, -0.15) is 0 Å². The van der Waals surface area contributed by atoms with Crippen molar-refractivity contribution in [3.8, 4) is 0 Å². The second-order valence-corrected chi connectivity index (χ2v) is 5.70. The minimum absolute atomic E-state index is 0.0488. The Bertz CT molecular complexity index is 495. The fraction of sp³-hybridized carbons (Fsp3) is 0.692. The number of hydrogen-bond donors (Lipinski definition) is 0. The van der Waals surface area contributed by atoms with Gasteiger partial charge in [0.25, 0.3) is 0 Å². The largest absolute Gasteiger partial charge is 0.386 e. The van der Waals surface area contributed by atoms with E-state index in [4.69, 9.17) is 19.2 Å². The molecule has 0 saturated carbocycles. The van der Waals surface area contributed by atoms with Crippen molar-refractivity contribution in [2.45, 2.75) is 38.8 Å². The second-order valence-electron chi connectivity index (χ2n) is 5.70. The quantitative estimate of drug-likeness (QED) is 0.401. The summed E-state index contributed by atoms with van der Waals surface area (Å²) in [4.78, 5) is 33.3. The minimum atomic E-state index is -0.474. The number of carbonyl (C=O) groups is 2. The van der Waals surface area contributed by atoms with Crippen molar-refractivity contribution < 1.29 is 28.8 Å². The molecule has 2 fully saturated rings. The number of cyclic esters (lactones) is 2. The lowest BCUT2D eigenvalue weighted by molar-refractivity contribution is -0.331. The van der Waals surface area contributed by atoms with Crippen molar-refractivity contribution in [3.05, 3.63) is 11.1 Å². The van der Waals surface area contributed by atoms with Gasteiger partial charge in [0.2, 0.25) is 0 Å². The summed E-state index contributed by atoms with van der Waals surface area (Å²) >= 11 is 0. The summed E-state index contributed by atoms with van der Waals surface area (Å²) in [5.41, 5.74) is 1.12. The molecule has 4 aliphatic rings. The summed E-state index contributed by atoms with van der Waals surface area (Å²) in [6.45, 7) is 1.97. The Morgan fingerprint density at radius 1 is 1.11 bits per heavy atom. The first-order valence-electron chi connectivity index (χ1n) is 6.60. The van der Waals surface area contributed by atoms with Crippen molar-refractivity contribution in [2.75, 3.05) is 0 Å². The Morgan fingerprint density at radius 2 is 1.95 bits per heavy atom. The summed E-state index contributed by atoms with van der Waals surface area (Å²) < 4.78 is 10.2. The van der Waals surface area contributed by atoms with Gasteiger partial charge in [0, 0.05) is 17.9 Å². The van der Waals surface area contributed by atoms with Crippen LogP contribution in [0.15, 0.2) is 11.1 Å². The molecule has 0 radical (unpaired) electrons. The molecule has 0 aromatic rings. The normalized spacial score (nSPS) is 44.8. The number of esters is 2. The van der Waals surface area contributed by atoms with Gasteiger partial charge in [0.15, 0.2) is 12.6 Å². The minimum Gasteiger partial charge on any atom is -0.386 e. The molecule has 0 amide bonds. The average molecular weight is 266 g/mol. The number of fused-ring (bicyclic) bond motifs is 2. The Morgan fingerprint density at radius 3 is 2.63 bits per heavy atom. The van der Waals surface area contributed by atoms with Crippen LogP contribution in [0.4, 0.5) is 0 Å². The summed E-state index contributed by atoms with van der Waals surface area (Å²) in [6.07, 6.45) is 1.59. The van der Waals surface area contributed by atoms with Crippen LogP contribution in [0.3, 0.4) is 0 Å². The molecule has 6 heteroatoms. The zero-order chi connectivity index (χ0) is 13.1. The summed E-state index contributed by atoms with van der Waals surface area (Å²) in [7, 11) is 0. The predicted molar refractivity (Wildman–Crippen MR) is 59.0 cm³/mol. The fourth-order valence-corrected chi connectivity index (χ4v) is 3.70. The van der Waals surface area contributed by atoms with Crippen LogP contribution < -0.4 is 0 Å². The molecular formula is C13H14O6. The van der Waals surface area contributed by atoms with Crippen LogP contribution >= 0.6 is 0 Å². The molecule has 2 saturated heterocycles. The van der Waals surface area contributed by atoms with Crippen molar-refractivity contribution in [1.29, 1.82) is 0 Å². The highest BCUT2D eigenvalue weighted by molar-refractivity contribution is 6.12. The maximum absolute atomic E-state index is 11.7. The van der Waals surface area contributed by atoms with E-state index in [1.54, 1.807) is 0 Å². The van der Waals surface area contributed by atoms with Gasteiger partial charge in [-0.15, -0.1) is 0 Å². The van der Waals surface area contributed by atoms with E-state index < -0.39 is 11.9 Å². The molecule has 0 aromatic carbocycles. The molecule has 3 aliphatic heterocycles. The van der Waals surface area contributed by atoms with E-state index in [-0.39, 0.29) is 30.3 Å². The average Bonchev–Trinajstić information content (AvgIpc) is 3.05. The lowest BCUT2D eigenvalue weighted by atomic mass is 9.72. The van der Waals surface area contributed by atoms with Gasteiger partial charge in [0.05, 0.1) is 5.57 Å². The van der Waals surface area contributed by atoms with Crippen LogP contribution in [0.1, 0.15) is 26.2 Å². The Balaban J connectivity index is 1.60. The maximum atomic E-state index is 11.7. The number of hydrogen-bond acceptors (Lipinski definition) is 6. The predicted octanol–water partition coefficient (Wildman–Crippen LogP) is 1.06. The van der Waals surface area contributed by atoms with E-state index in [0.717, 1.165) is 12.8 Å².